The maximum atomic E-state index is 6.29. The van der Waals surface area contributed by atoms with Gasteiger partial charge in [-0.2, -0.15) is 0 Å². The maximum Gasteiger partial charge on any atom is 0.171 e. The molecule has 0 saturated heterocycles. The summed E-state index contributed by atoms with van der Waals surface area (Å²) < 4.78 is 0. The number of hydrogen-bond acceptors (Lipinski definition) is 2. The van der Waals surface area contributed by atoms with E-state index in [2.05, 4.69) is 5.32 Å². The largest absolute Gasteiger partial charge is 0.297 e. The summed E-state index contributed by atoms with van der Waals surface area (Å²) >= 11 is 12.6. The fourth-order valence-electron chi connectivity index (χ4n) is 1.65. The van der Waals surface area contributed by atoms with Crippen LogP contribution in [0.3, 0.4) is 0 Å². The molecular formula is C14H14Cl2N2. The summed E-state index contributed by atoms with van der Waals surface area (Å²) in [4.78, 5) is 0. The van der Waals surface area contributed by atoms with E-state index in [-0.39, 0.29) is 0 Å². The minimum absolute atomic E-state index is 0.450. The molecule has 2 nitrogen and oxygen atoms in total. The van der Waals surface area contributed by atoms with Crippen LogP contribution in [0, 0.1) is 0 Å². The average molecular weight is 281 g/mol. The number of hydrogen-bond donors (Lipinski definition) is 2. The summed E-state index contributed by atoms with van der Waals surface area (Å²) in [5.41, 5.74) is 7.29. The minimum atomic E-state index is -1.19. The van der Waals surface area contributed by atoms with Gasteiger partial charge in [-0.15, -0.1) is 11.6 Å². The molecule has 0 spiro atoms. The van der Waals surface area contributed by atoms with Gasteiger partial charge in [-0.05, 0) is 5.56 Å². The molecule has 18 heavy (non-hydrogen) atoms. The Bertz CT molecular complexity index is 486. The molecule has 0 saturated carbocycles. The van der Waals surface area contributed by atoms with Gasteiger partial charge in [0.2, 0.25) is 0 Å². The van der Waals surface area contributed by atoms with Gasteiger partial charge in [-0.25, -0.2) is 0 Å². The highest BCUT2D eigenvalue weighted by Crippen LogP contribution is 2.26. The van der Waals surface area contributed by atoms with Crippen LogP contribution in [0.2, 0.25) is 0 Å². The van der Waals surface area contributed by atoms with E-state index in [0.717, 1.165) is 11.1 Å². The average Bonchev–Trinajstić information content (AvgIpc) is 2.40. The molecule has 2 unspecified atom stereocenters. The second-order valence-electron chi connectivity index (χ2n) is 4.00. The lowest BCUT2D eigenvalue weighted by atomic mass is 10.1. The van der Waals surface area contributed by atoms with Gasteiger partial charge >= 0.3 is 0 Å². The van der Waals surface area contributed by atoms with Crippen molar-refractivity contribution in [1.82, 2.24) is 5.32 Å². The van der Waals surface area contributed by atoms with Crippen LogP contribution in [0.4, 0.5) is 0 Å². The zero-order valence-electron chi connectivity index (χ0n) is 9.68. The first kappa shape index (κ1) is 13.4. The van der Waals surface area contributed by atoms with Crippen molar-refractivity contribution in [2.75, 3.05) is 0 Å². The lowest BCUT2D eigenvalue weighted by Gasteiger charge is -2.27. The Balaban J connectivity index is 2.14. The van der Waals surface area contributed by atoms with Crippen LogP contribution >= 0.6 is 23.2 Å². The zero-order chi connectivity index (χ0) is 13.0. The second-order valence-corrected chi connectivity index (χ2v) is 5.03. The van der Waals surface area contributed by atoms with Crippen molar-refractivity contribution in [1.29, 1.82) is 0 Å². The molecule has 0 heterocycles. The second kappa shape index (κ2) is 5.72. The molecule has 0 amide bonds. The van der Waals surface area contributed by atoms with Crippen molar-refractivity contribution in [3.63, 3.8) is 0 Å². The first-order valence-corrected chi connectivity index (χ1v) is 6.41. The van der Waals surface area contributed by atoms with Crippen LogP contribution in [0.15, 0.2) is 60.7 Å². The Labute approximate surface area is 117 Å². The molecule has 0 bridgehead atoms. The molecule has 2 aromatic rings. The monoisotopic (exact) mass is 280 g/mol. The molecule has 0 aliphatic carbocycles. The molecule has 3 N–H and O–H groups in total. The highest BCUT2D eigenvalue weighted by atomic mass is 35.5. The Morgan fingerprint density at radius 1 is 0.944 bits per heavy atom. The van der Waals surface area contributed by atoms with Crippen molar-refractivity contribution in [3.8, 4) is 0 Å². The highest BCUT2D eigenvalue weighted by molar-refractivity contribution is 6.25. The maximum absolute atomic E-state index is 6.29. The number of nitrogens with two attached hydrogens (primary N) is 1. The lowest BCUT2D eigenvalue weighted by molar-refractivity contribution is 0.476. The number of benzene rings is 2. The molecular weight excluding hydrogens is 267 g/mol. The van der Waals surface area contributed by atoms with Crippen LogP contribution in [0.1, 0.15) is 16.6 Å². The van der Waals surface area contributed by atoms with Crippen LogP contribution in [0.25, 0.3) is 0 Å². The van der Waals surface area contributed by atoms with E-state index in [9.17, 15) is 0 Å². The smallest absolute Gasteiger partial charge is 0.171 e. The number of rotatable bonds is 4. The number of nitrogens with one attached hydrogen (secondary N) is 1. The van der Waals surface area contributed by atoms with Crippen LogP contribution in [-0.2, 0) is 5.12 Å². The third kappa shape index (κ3) is 3.24. The predicted octanol–water partition coefficient (Wildman–Crippen LogP) is 3.52. The van der Waals surface area contributed by atoms with Crippen molar-refractivity contribution in [2.24, 2.45) is 5.73 Å². The summed E-state index contributed by atoms with van der Waals surface area (Å²) in [5, 5.41) is 1.81. The van der Waals surface area contributed by atoms with Gasteiger partial charge in [0.05, 0.1) is 0 Å². The summed E-state index contributed by atoms with van der Waals surface area (Å²) in [5.74, 6) is 0. The molecule has 94 valence electrons. The van der Waals surface area contributed by atoms with Crippen molar-refractivity contribution < 1.29 is 0 Å². The summed E-state index contributed by atoms with van der Waals surface area (Å²) in [6.07, 6.45) is 0. The first-order valence-electron chi connectivity index (χ1n) is 5.59. The number of halogens is 2. The van der Waals surface area contributed by atoms with Gasteiger partial charge < -0.3 is 0 Å². The first-order chi connectivity index (χ1) is 8.59. The molecule has 2 aromatic carbocycles. The van der Waals surface area contributed by atoms with Gasteiger partial charge in [0, 0.05) is 5.56 Å². The number of alkyl halides is 2. The van der Waals surface area contributed by atoms with Crippen LogP contribution < -0.4 is 11.1 Å². The van der Waals surface area contributed by atoms with E-state index in [1.807, 2.05) is 60.7 Å². The minimum Gasteiger partial charge on any atom is -0.297 e. The van der Waals surface area contributed by atoms with E-state index >= 15 is 0 Å². The summed E-state index contributed by atoms with van der Waals surface area (Å²) in [6, 6.07) is 19.0. The topological polar surface area (TPSA) is 38.0 Å². The SMILES string of the molecule is NC(Cl)(NC(Cl)c1ccccc1)c1ccccc1. The fourth-order valence-corrected chi connectivity index (χ4v) is 2.26. The standard InChI is InChI=1S/C14H14Cl2N2/c15-13(11-7-3-1-4-8-11)18-14(16,17)12-9-5-2-6-10-12/h1-10,13,18H,17H2. The van der Waals surface area contributed by atoms with Gasteiger partial charge in [0.15, 0.2) is 5.12 Å². The van der Waals surface area contributed by atoms with Crippen molar-refractivity contribution in [2.45, 2.75) is 10.6 Å². The molecule has 0 radical (unpaired) electrons. The molecule has 0 aromatic heterocycles. The van der Waals surface area contributed by atoms with Gasteiger partial charge in [0.1, 0.15) is 5.50 Å². The van der Waals surface area contributed by atoms with Crippen molar-refractivity contribution >= 4 is 23.2 Å². The highest BCUT2D eigenvalue weighted by Gasteiger charge is 2.26. The Morgan fingerprint density at radius 2 is 1.44 bits per heavy atom. The fraction of sp³-hybridized carbons (Fsp3) is 0.143. The lowest BCUT2D eigenvalue weighted by Crippen LogP contribution is -2.45. The van der Waals surface area contributed by atoms with E-state index in [1.165, 1.54) is 0 Å². The van der Waals surface area contributed by atoms with Crippen LogP contribution in [-0.4, -0.2) is 0 Å². The molecule has 2 atom stereocenters. The van der Waals surface area contributed by atoms with Gasteiger partial charge in [-0.3, -0.25) is 11.1 Å². The Kier molecular flexibility index (Phi) is 4.25. The van der Waals surface area contributed by atoms with E-state index in [0.29, 0.717) is 0 Å². The van der Waals surface area contributed by atoms with Crippen molar-refractivity contribution in [3.05, 3.63) is 71.8 Å². The van der Waals surface area contributed by atoms with Gasteiger partial charge in [-0.1, -0.05) is 72.3 Å². The molecule has 0 fully saturated rings. The third-order valence-electron chi connectivity index (χ3n) is 2.62. The Morgan fingerprint density at radius 3 is 2.00 bits per heavy atom. The zero-order valence-corrected chi connectivity index (χ0v) is 11.2. The molecule has 2 rings (SSSR count). The quantitative estimate of drug-likeness (QED) is 0.511. The summed E-state index contributed by atoms with van der Waals surface area (Å²) in [7, 11) is 0. The molecule has 0 aliphatic rings. The van der Waals surface area contributed by atoms with E-state index < -0.39 is 10.6 Å². The van der Waals surface area contributed by atoms with Gasteiger partial charge in [0.25, 0.3) is 0 Å². The normalized spacial score (nSPS) is 15.9. The molecule has 4 heteroatoms. The predicted molar refractivity (Wildman–Crippen MR) is 76.3 cm³/mol. The Hall–Kier alpha value is -1.06. The summed E-state index contributed by atoms with van der Waals surface area (Å²) in [6.45, 7) is 0. The molecule has 0 aliphatic heterocycles. The van der Waals surface area contributed by atoms with E-state index in [4.69, 9.17) is 28.9 Å². The van der Waals surface area contributed by atoms with E-state index in [1.54, 1.807) is 0 Å². The third-order valence-corrected chi connectivity index (χ3v) is 3.31. The van der Waals surface area contributed by atoms with Crippen LogP contribution in [0.5, 0.6) is 0 Å².